The summed E-state index contributed by atoms with van der Waals surface area (Å²) in [7, 11) is -0.998. The number of nitrogens with zero attached hydrogens (tertiary/aromatic N) is 4. The van der Waals surface area contributed by atoms with Crippen LogP contribution in [-0.4, -0.2) is 57.8 Å². The first kappa shape index (κ1) is 19.5. The Hall–Kier alpha value is -1.25. The van der Waals surface area contributed by atoms with Gasteiger partial charge in [0.2, 0.25) is 0 Å². The average molecular weight is 364 g/mol. The van der Waals surface area contributed by atoms with Crippen molar-refractivity contribution in [1.82, 2.24) is 19.9 Å². The lowest BCUT2D eigenvalue weighted by Crippen LogP contribution is -2.41. The maximum absolute atomic E-state index is 14.6. The van der Waals surface area contributed by atoms with E-state index in [0.29, 0.717) is 11.6 Å². The standard InChI is InChI=1S/C18H30BFN4O2/c1-6-8-23-9-7-14(11-23)12-24-13-15(21-22-24)10-16(20)19-25-17(2,3)18(4,5)26-19/h10,13-14H,6-9,11-12H2,1-5H3. The molecule has 1 aromatic heterocycles. The summed E-state index contributed by atoms with van der Waals surface area (Å²) < 4.78 is 27.8. The number of halogens is 1. The Kier molecular flexibility index (Phi) is 5.56. The molecular weight excluding hydrogens is 334 g/mol. The van der Waals surface area contributed by atoms with Crippen LogP contribution < -0.4 is 0 Å². The van der Waals surface area contributed by atoms with Gasteiger partial charge < -0.3 is 14.2 Å². The number of likely N-dealkylation sites (tertiary alicyclic amines) is 1. The predicted molar refractivity (Wildman–Crippen MR) is 100 cm³/mol. The minimum absolute atomic E-state index is 0.481. The lowest BCUT2D eigenvalue weighted by molar-refractivity contribution is 0.00578. The monoisotopic (exact) mass is 364 g/mol. The molecule has 0 saturated carbocycles. The van der Waals surface area contributed by atoms with Gasteiger partial charge >= 0.3 is 7.12 Å². The Morgan fingerprint density at radius 2 is 2.04 bits per heavy atom. The molecule has 2 aliphatic rings. The van der Waals surface area contributed by atoms with E-state index in [0.717, 1.165) is 26.2 Å². The highest BCUT2D eigenvalue weighted by Crippen LogP contribution is 2.38. The number of aromatic nitrogens is 3. The van der Waals surface area contributed by atoms with Crippen LogP contribution in [0.5, 0.6) is 0 Å². The fourth-order valence-corrected chi connectivity index (χ4v) is 3.48. The molecule has 0 N–H and O–H groups in total. The molecule has 1 atom stereocenters. The molecule has 3 rings (SSSR count). The largest absolute Gasteiger partial charge is 0.525 e. The van der Waals surface area contributed by atoms with E-state index in [4.69, 9.17) is 9.31 Å². The van der Waals surface area contributed by atoms with Crippen LogP contribution in [-0.2, 0) is 15.9 Å². The Morgan fingerprint density at radius 1 is 1.35 bits per heavy atom. The molecule has 1 aromatic rings. The Balaban J connectivity index is 1.59. The highest BCUT2D eigenvalue weighted by Gasteiger charge is 2.53. The second kappa shape index (κ2) is 7.41. The van der Waals surface area contributed by atoms with Gasteiger partial charge in [-0.3, -0.25) is 4.68 Å². The van der Waals surface area contributed by atoms with Crippen molar-refractivity contribution >= 4 is 13.2 Å². The maximum Gasteiger partial charge on any atom is 0.525 e. The van der Waals surface area contributed by atoms with Crippen LogP contribution in [0.3, 0.4) is 0 Å². The maximum atomic E-state index is 14.6. The molecule has 1 unspecified atom stereocenters. The quantitative estimate of drug-likeness (QED) is 0.727. The van der Waals surface area contributed by atoms with Crippen molar-refractivity contribution in [3.8, 4) is 0 Å². The number of rotatable bonds is 6. The zero-order valence-electron chi connectivity index (χ0n) is 16.5. The molecule has 2 aliphatic heterocycles. The fraction of sp³-hybridized carbons (Fsp3) is 0.778. The van der Waals surface area contributed by atoms with Crippen LogP contribution in [0.2, 0.25) is 0 Å². The molecular formula is C18H30BFN4O2. The lowest BCUT2D eigenvalue weighted by Gasteiger charge is -2.32. The molecule has 0 radical (unpaired) electrons. The average Bonchev–Trinajstić information content (AvgIpc) is 3.21. The van der Waals surface area contributed by atoms with Crippen molar-refractivity contribution in [3.63, 3.8) is 0 Å². The third-order valence-corrected chi connectivity index (χ3v) is 5.68. The van der Waals surface area contributed by atoms with Crippen LogP contribution in [0.15, 0.2) is 11.9 Å². The molecule has 6 nitrogen and oxygen atoms in total. The van der Waals surface area contributed by atoms with Gasteiger partial charge in [-0.1, -0.05) is 12.1 Å². The summed E-state index contributed by atoms with van der Waals surface area (Å²) in [6.07, 6.45) is 5.49. The minimum atomic E-state index is -0.998. The van der Waals surface area contributed by atoms with E-state index in [1.807, 2.05) is 32.4 Å². The van der Waals surface area contributed by atoms with E-state index in [2.05, 4.69) is 22.1 Å². The molecule has 144 valence electrons. The highest BCUT2D eigenvalue weighted by atomic mass is 19.1. The van der Waals surface area contributed by atoms with Crippen LogP contribution in [0.1, 0.15) is 53.2 Å². The van der Waals surface area contributed by atoms with Crippen molar-refractivity contribution in [2.24, 2.45) is 5.92 Å². The van der Waals surface area contributed by atoms with E-state index < -0.39 is 24.0 Å². The fourth-order valence-electron chi connectivity index (χ4n) is 3.48. The van der Waals surface area contributed by atoms with Gasteiger partial charge in [-0.25, -0.2) is 4.39 Å². The molecule has 8 heteroatoms. The second-order valence-corrected chi connectivity index (χ2v) is 8.44. The summed E-state index contributed by atoms with van der Waals surface area (Å²) in [6, 6.07) is 0. The smallest absolute Gasteiger partial charge is 0.398 e. The summed E-state index contributed by atoms with van der Waals surface area (Å²) in [6.45, 7) is 14.0. The zero-order chi connectivity index (χ0) is 18.9. The van der Waals surface area contributed by atoms with E-state index in [1.165, 1.54) is 18.9 Å². The van der Waals surface area contributed by atoms with Gasteiger partial charge in [0.15, 0.2) is 0 Å². The molecule has 3 heterocycles. The van der Waals surface area contributed by atoms with Crippen LogP contribution in [0.4, 0.5) is 4.39 Å². The van der Waals surface area contributed by atoms with Gasteiger partial charge in [0.25, 0.3) is 0 Å². The molecule has 2 saturated heterocycles. The molecule has 0 aliphatic carbocycles. The Bertz CT molecular complexity index is 645. The lowest BCUT2D eigenvalue weighted by atomic mass is 9.87. The van der Waals surface area contributed by atoms with Crippen molar-refractivity contribution in [3.05, 3.63) is 17.6 Å². The number of hydrogen-bond acceptors (Lipinski definition) is 5. The summed E-state index contributed by atoms with van der Waals surface area (Å²) in [4.78, 5) is 2.49. The molecule has 0 aromatic carbocycles. The van der Waals surface area contributed by atoms with Crippen molar-refractivity contribution in [2.75, 3.05) is 19.6 Å². The van der Waals surface area contributed by atoms with Crippen LogP contribution in [0.25, 0.3) is 6.08 Å². The van der Waals surface area contributed by atoms with E-state index in [1.54, 1.807) is 6.20 Å². The van der Waals surface area contributed by atoms with E-state index >= 15 is 0 Å². The third kappa shape index (κ3) is 4.18. The SMILES string of the molecule is CCCN1CCC(Cn2cc(C=C(F)B3OC(C)(C)C(C)(C)O3)nn2)C1. The first-order chi connectivity index (χ1) is 12.2. The van der Waals surface area contributed by atoms with Crippen molar-refractivity contribution < 1.29 is 13.7 Å². The van der Waals surface area contributed by atoms with E-state index in [-0.39, 0.29) is 0 Å². The Morgan fingerprint density at radius 3 is 2.69 bits per heavy atom. The first-order valence-electron chi connectivity index (χ1n) is 9.55. The van der Waals surface area contributed by atoms with Gasteiger partial charge in [-0.2, -0.15) is 0 Å². The van der Waals surface area contributed by atoms with E-state index in [9.17, 15) is 4.39 Å². The van der Waals surface area contributed by atoms with Crippen molar-refractivity contribution in [2.45, 2.75) is 65.2 Å². The summed E-state index contributed by atoms with van der Waals surface area (Å²) in [5, 5.41) is 8.21. The summed E-state index contributed by atoms with van der Waals surface area (Å²) in [5.41, 5.74) is -1.12. The van der Waals surface area contributed by atoms with Gasteiger partial charge in [-0.05, 0) is 65.6 Å². The summed E-state index contributed by atoms with van der Waals surface area (Å²) in [5.74, 6) is 0.577. The van der Waals surface area contributed by atoms with Gasteiger partial charge in [0, 0.05) is 13.1 Å². The molecule has 0 spiro atoms. The summed E-state index contributed by atoms with van der Waals surface area (Å²) >= 11 is 0. The molecule has 0 amide bonds. The third-order valence-electron chi connectivity index (χ3n) is 5.68. The molecule has 26 heavy (non-hydrogen) atoms. The predicted octanol–water partition coefficient (Wildman–Crippen LogP) is 2.95. The van der Waals surface area contributed by atoms with Gasteiger partial charge in [-0.15, -0.1) is 5.10 Å². The van der Waals surface area contributed by atoms with Crippen molar-refractivity contribution in [1.29, 1.82) is 0 Å². The highest BCUT2D eigenvalue weighted by molar-refractivity contribution is 6.54. The second-order valence-electron chi connectivity index (χ2n) is 8.44. The zero-order valence-corrected chi connectivity index (χ0v) is 16.5. The molecule has 0 bridgehead atoms. The van der Waals surface area contributed by atoms with Crippen LogP contribution in [0, 0.1) is 5.92 Å². The molecule has 2 fully saturated rings. The first-order valence-corrected chi connectivity index (χ1v) is 9.55. The minimum Gasteiger partial charge on any atom is -0.398 e. The Labute approximate surface area is 155 Å². The normalized spacial score (nSPS) is 26.0. The van der Waals surface area contributed by atoms with Crippen LogP contribution >= 0.6 is 0 Å². The topological polar surface area (TPSA) is 52.4 Å². The van der Waals surface area contributed by atoms with Gasteiger partial charge in [0.05, 0.1) is 17.4 Å². The number of hydrogen-bond donors (Lipinski definition) is 0. The van der Waals surface area contributed by atoms with Gasteiger partial charge in [0.1, 0.15) is 11.4 Å².